The predicted octanol–water partition coefficient (Wildman–Crippen LogP) is 0.710. The van der Waals surface area contributed by atoms with E-state index in [9.17, 15) is 5.11 Å². The zero-order chi connectivity index (χ0) is 10.8. The lowest BCUT2D eigenvalue weighted by Gasteiger charge is -2.19. The van der Waals surface area contributed by atoms with Crippen molar-refractivity contribution < 1.29 is 9.84 Å². The van der Waals surface area contributed by atoms with Gasteiger partial charge in [0.25, 0.3) is 0 Å². The van der Waals surface area contributed by atoms with Gasteiger partial charge in [0.2, 0.25) is 0 Å². The Balaban J connectivity index is 2.31. The molecule has 0 amide bonds. The van der Waals surface area contributed by atoms with Crippen LogP contribution in [0.5, 0.6) is 5.75 Å². The van der Waals surface area contributed by atoms with E-state index in [0.717, 1.165) is 13.0 Å². The summed E-state index contributed by atoms with van der Waals surface area (Å²) in [7, 11) is 1.53. The van der Waals surface area contributed by atoms with Crippen LogP contribution in [0.3, 0.4) is 0 Å². The van der Waals surface area contributed by atoms with Crippen molar-refractivity contribution in [2.24, 2.45) is 0 Å². The third kappa shape index (κ3) is 1.98. The second-order valence-corrected chi connectivity index (χ2v) is 3.77. The van der Waals surface area contributed by atoms with Gasteiger partial charge in [-0.25, -0.2) is 9.97 Å². The van der Waals surface area contributed by atoms with Crippen molar-refractivity contribution in [3.8, 4) is 5.75 Å². The molecule has 0 aromatic carbocycles. The number of ether oxygens (including phenoxy) is 1. The number of aliphatic hydroxyl groups is 1. The van der Waals surface area contributed by atoms with E-state index >= 15 is 0 Å². The van der Waals surface area contributed by atoms with E-state index in [1.807, 2.05) is 4.90 Å². The van der Waals surface area contributed by atoms with Crippen LogP contribution in [0.25, 0.3) is 0 Å². The number of aromatic nitrogens is 2. The number of halogens is 1. The van der Waals surface area contributed by atoms with Crippen molar-refractivity contribution >= 4 is 17.4 Å². The molecule has 1 aliphatic rings. The second kappa shape index (κ2) is 4.20. The van der Waals surface area contributed by atoms with Gasteiger partial charge in [-0.2, -0.15) is 0 Å². The van der Waals surface area contributed by atoms with Crippen LogP contribution in [0.1, 0.15) is 6.42 Å². The summed E-state index contributed by atoms with van der Waals surface area (Å²) in [5.41, 5.74) is 0. The molecule has 0 saturated carbocycles. The predicted molar refractivity (Wildman–Crippen MR) is 56.4 cm³/mol. The van der Waals surface area contributed by atoms with Gasteiger partial charge in [-0.05, 0) is 6.42 Å². The highest BCUT2D eigenvalue weighted by Crippen LogP contribution is 2.32. The molecule has 15 heavy (non-hydrogen) atoms. The first-order valence-corrected chi connectivity index (χ1v) is 5.07. The van der Waals surface area contributed by atoms with E-state index < -0.39 is 0 Å². The molecular weight excluding hydrogens is 218 g/mol. The highest BCUT2D eigenvalue weighted by Gasteiger charge is 2.25. The molecular formula is C9H12ClN3O2. The van der Waals surface area contributed by atoms with Gasteiger partial charge in [-0.3, -0.25) is 0 Å². The minimum absolute atomic E-state index is 0.295. The number of hydrogen-bond acceptors (Lipinski definition) is 5. The van der Waals surface area contributed by atoms with Crippen LogP contribution in [0.15, 0.2) is 6.33 Å². The van der Waals surface area contributed by atoms with Crippen LogP contribution < -0.4 is 9.64 Å². The first-order chi connectivity index (χ1) is 7.22. The monoisotopic (exact) mass is 229 g/mol. The number of nitrogens with zero attached hydrogens (tertiary/aromatic N) is 3. The van der Waals surface area contributed by atoms with Gasteiger partial charge in [0.1, 0.15) is 6.33 Å². The molecule has 1 aromatic rings. The zero-order valence-electron chi connectivity index (χ0n) is 8.35. The van der Waals surface area contributed by atoms with E-state index in [-0.39, 0.29) is 6.10 Å². The summed E-state index contributed by atoms with van der Waals surface area (Å²) in [6.45, 7) is 1.31. The van der Waals surface area contributed by atoms with Gasteiger partial charge in [0.05, 0.1) is 13.2 Å². The van der Waals surface area contributed by atoms with Crippen molar-refractivity contribution in [3.63, 3.8) is 0 Å². The number of anilines is 1. The molecule has 1 fully saturated rings. The van der Waals surface area contributed by atoms with Crippen molar-refractivity contribution in [2.45, 2.75) is 12.5 Å². The highest BCUT2D eigenvalue weighted by atomic mass is 35.5. The summed E-state index contributed by atoms with van der Waals surface area (Å²) in [5.74, 6) is 1.11. The fourth-order valence-electron chi connectivity index (χ4n) is 1.68. The molecule has 0 spiro atoms. The third-order valence-corrected chi connectivity index (χ3v) is 2.68. The molecule has 82 valence electrons. The Morgan fingerprint density at radius 1 is 1.60 bits per heavy atom. The van der Waals surface area contributed by atoms with Gasteiger partial charge in [0, 0.05) is 13.1 Å². The van der Waals surface area contributed by atoms with Crippen LogP contribution in [-0.4, -0.2) is 41.4 Å². The largest absolute Gasteiger partial charge is 0.490 e. The molecule has 2 heterocycles. The molecule has 0 aliphatic carbocycles. The molecule has 6 heteroatoms. The molecule has 1 unspecified atom stereocenters. The van der Waals surface area contributed by atoms with E-state index in [1.54, 1.807) is 0 Å². The Bertz CT molecular complexity index is 361. The number of hydrogen-bond donors (Lipinski definition) is 1. The summed E-state index contributed by atoms with van der Waals surface area (Å²) in [6, 6.07) is 0. The van der Waals surface area contributed by atoms with E-state index in [1.165, 1.54) is 13.4 Å². The number of rotatable bonds is 2. The first kappa shape index (κ1) is 10.4. The molecule has 1 aliphatic heterocycles. The topological polar surface area (TPSA) is 58.5 Å². The smallest absolute Gasteiger partial charge is 0.199 e. The summed E-state index contributed by atoms with van der Waals surface area (Å²) >= 11 is 5.88. The number of β-amino-alcohol motifs (C(OH)–C–C–N with tert-alkyl or cyclic N) is 1. The molecule has 0 bridgehead atoms. The van der Waals surface area contributed by atoms with Crippen molar-refractivity contribution in [1.82, 2.24) is 9.97 Å². The van der Waals surface area contributed by atoms with Gasteiger partial charge < -0.3 is 14.7 Å². The summed E-state index contributed by atoms with van der Waals surface area (Å²) < 4.78 is 5.14. The minimum atomic E-state index is -0.302. The van der Waals surface area contributed by atoms with E-state index in [0.29, 0.717) is 23.3 Å². The molecule has 5 nitrogen and oxygen atoms in total. The maximum absolute atomic E-state index is 9.43. The van der Waals surface area contributed by atoms with E-state index in [2.05, 4.69) is 9.97 Å². The van der Waals surface area contributed by atoms with Crippen LogP contribution in [0, 0.1) is 0 Å². The first-order valence-electron chi connectivity index (χ1n) is 4.70. The molecule has 0 radical (unpaired) electrons. The Hall–Kier alpha value is -1.07. The number of aliphatic hydroxyl groups excluding tert-OH is 1. The molecule has 2 rings (SSSR count). The van der Waals surface area contributed by atoms with Crippen molar-refractivity contribution in [2.75, 3.05) is 25.1 Å². The Kier molecular flexibility index (Phi) is 2.93. The standard InChI is InChI=1S/C9H12ClN3O2/c1-15-7-8(10)11-5-12-9(7)13-3-2-6(14)4-13/h5-6,14H,2-4H2,1H3. The average molecular weight is 230 g/mol. The maximum Gasteiger partial charge on any atom is 0.199 e. The summed E-state index contributed by atoms with van der Waals surface area (Å²) in [5, 5.41) is 9.73. The molecule has 1 N–H and O–H groups in total. The van der Waals surface area contributed by atoms with Gasteiger partial charge in [-0.15, -0.1) is 0 Å². The van der Waals surface area contributed by atoms with Gasteiger partial charge >= 0.3 is 0 Å². The summed E-state index contributed by atoms with van der Waals surface area (Å²) in [4.78, 5) is 9.90. The maximum atomic E-state index is 9.43. The lowest BCUT2D eigenvalue weighted by Crippen LogP contribution is -2.23. The quantitative estimate of drug-likeness (QED) is 0.757. The Morgan fingerprint density at radius 2 is 2.40 bits per heavy atom. The van der Waals surface area contributed by atoms with Gasteiger partial charge in [0.15, 0.2) is 16.7 Å². The molecule has 1 atom stereocenters. The number of methoxy groups -OCH3 is 1. The SMILES string of the molecule is COc1c(Cl)ncnc1N1CCC(O)C1. The van der Waals surface area contributed by atoms with Crippen molar-refractivity contribution in [1.29, 1.82) is 0 Å². The minimum Gasteiger partial charge on any atom is -0.490 e. The zero-order valence-corrected chi connectivity index (χ0v) is 9.11. The lowest BCUT2D eigenvalue weighted by molar-refractivity contribution is 0.198. The van der Waals surface area contributed by atoms with Crippen LogP contribution in [0.2, 0.25) is 5.15 Å². The highest BCUT2D eigenvalue weighted by molar-refractivity contribution is 6.31. The normalized spacial score (nSPS) is 20.7. The molecule has 1 saturated heterocycles. The molecule has 1 aromatic heterocycles. The lowest BCUT2D eigenvalue weighted by atomic mass is 10.3. The fourth-order valence-corrected chi connectivity index (χ4v) is 1.88. The van der Waals surface area contributed by atoms with E-state index in [4.69, 9.17) is 16.3 Å². The van der Waals surface area contributed by atoms with Gasteiger partial charge in [-0.1, -0.05) is 11.6 Å². The summed E-state index contributed by atoms with van der Waals surface area (Å²) in [6.07, 6.45) is 1.83. The fraction of sp³-hybridized carbons (Fsp3) is 0.556. The Labute approximate surface area is 92.7 Å². The second-order valence-electron chi connectivity index (χ2n) is 3.41. The van der Waals surface area contributed by atoms with Crippen LogP contribution in [-0.2, 0) is 0 Å². The van der Waals surface area contributed by atoms with Crippen LogP contribution >= 0.6 is 11.6 Å². The average Bonchev–Trinajstić information content (AvgIpc) is 2.64. The Morgan fingerprint density at radius 3 is 3.00 bits per heavy atom. The van der Waals surface area contributed by atoms with Crippen molar-refractivity contribution in [3.05, 3.63) is 11.5 Å². The third-order valence-electron chi connectivity index (χ3n) is 2.41. The van der Waals surface area contributed by atoms with Crippen LogP contribution in [0.4, 0.5) is 5.82 Å².